The molecule has 0 atom stereocenters. The van der Waals surface area contributed by atoms with Gasteiger partial charge in [0, 0.05) is 17.6 Å². The van der Waals surface area contributed by atoms with Gasteiger partial charge in [-0.3, -0.25) is 4.79 Å². The van der Waals surface area contributed by atoms with Crippen LogP contribution >= 0.6 is 12.4 Å². The smallest absolute Gasteiger partial charge is 0.251 e. The Morgan fingerprint density at radius 2 is 1.68 bits per heavy atom. The molecular weight excluding hydrogens is 326 g/mol. The standard InChI is InChI=1S/C14H21N3O3S.ClH/c1-16-21(19,20)13-8-2-10(3-9-13)14(18)17-12-6-4-11(15)5-7-12;/h2-3,8-9,11-12,16H,4-7,15H2,1H3,(H,17,18);1H. The Kier molecular flexibility index (Phi) is 6.80. The van der Waals surface area contributed by atoms with Crippen LogP contribution in [-0.2, 0) is 10.0 Å². The lowest BCUT2D eigenvalue weighted by Gasteiger charge is -2.26. The second-order valence-corrected chi connectivity index (χ2v) is 7.20. The van der Waals surface area contributed by atoms with Crippen LogP contribution in [0.2, 0.25) is 0 Å². The molecule has 1 aromatic rings. The van der Waals surface area contributed by atoms with Gasteiger partial charge in [0.2, 0.25) is 10.0 Å². The van der Waals surface area contributed by atoms with Gasteiger partial charge in [0.15, 0.2) is 0 Å². The second-order valence-electron chi connectivity index (χ2n) is 5.32. The van der Waals surface area contributed by atoms with E-state index in [9.17, 15) is 13.2 Å². The number of carbonyl (C=O) groups is 1. The molecule has 0 aliphatic heterocycles. The van der Waals surface area contributed by atoms with Gasteiger partial charge in [0.25, 0.3) is 5.91 Å². The summed E-state index contributed by atoms with van der Waals surface area (Å²) in [5.74, 6) is -0.177. The van der Waals surface area contributed by atoms with Crippen molar-refractivity contribution in [1.29, 1.82) is 0 Å². The molecular formula is C14H22ClN3O3S. The lowest BCUT2D eigenvalue weighted by atomic mass is 9.91. The van der Waals surface area contributed by atoms with E-state index in [4.69, 9.17) is 5.73 Å². The van der Waals surface area contributed by atoms with Gasteiger partial charge in [0.05, 0.1) is 4.90 Å². The molecule has 1 fully saturated rings. The molecule has 2 rings (SSSR count). The summed E-state index contributed by atoms with van der Waals surface area (Å²) in [4.78, 5) is 12.3. The fourth-order valence-corrected chi connectivity index (χ4v) is 3.17. The van der Waals surface area contributed by atoms with E-state index >= 15 is 0 Å². The SMILES string of the molecule is CNS(=O)(=O)c1ccc(C(=O)NC2CCC(N)CC2)cc1.Cl. The molecule has 1 amide bonds. The highest BCUT2D eigenvalue weighted by atomic mass is 35.5. The molecule has 6 nitrogen and oxygen atoms in total. The van der Waals surface area contributed by atoms with E-state index in [2.05, 4.69) is 10.0 Å². The number of nitrogens with one attached hydrogen (secondary N) is 2. The molecule has 0 radical (unpaired) electrons. The minimum absolute atomic E-state index is 0. The van der Waals surface area contributed by atoms with Crippen LogP contribution in [-0.4, -0.2) is 33.5 Å². The van der Waals surface area contributed by atoms with Crippen molar-refractivity contribution in [2.24, 2.45) is 5.73 Å². The summed E-state index contributed by atoms with van der Waals surface area (Å²) in [6.07, 6.45) is 3.62. The van der Waals surface area contributed by atoms with E-state index in [1.165, 1.54) is 31.3 Å². The number of rotatable bonds is 4. The van der Waals surface area contributed by atoms with Crippen LogP contribution in [0.3, 0.4) is 0 Å². The molecule has 124 valence electrons. The fraction of sp³-hybridized carbons (Fsp3) is 0.500. The Labute approximate surface area is 137 Å². The normalized spacial score (nSPS) is 21.7. The Morgan fingerprint density at radius 1 is 1.14 bits per heavy atom. The van der Waals surface area contributed by atoms with Crippen LogP contribution in [0, 0.1) is 0 Å². The van der Waals surface area contributed by atoms with Crippen molar-refractivity contribution in [1.82, 2.24) is 10.0 Å². The van der Waals surface area contributed by atoms with Gasteiger partial charge in [-0.05, 0) is 57.0 Å². The van der Waals surface area contributed by atoms with Crippen LogP contribution < -0.4 is 15.8 Å². The molecule has 0 aromatic heterocycles. The first-order chi connectivity index (χ1) is 9.92. The van der Waals surface area contributed by atoms with Gasteiger partial charge < -0.3 is 11.1 Å². The third-order valence-corrected chi connectivity index (χ3v) is 5.23. The molecule has 4 N–H and O–H groups in total. The maximum Gasteiger partial charge on any atom is 0.251 e. The van der Waals surface area contributed by atoms with Crippen LogP contribution in [0.25, 0.3) is 0 Å². The van der Waals surface area contributed by atoms with E-state index in [0.717, 1.165) is 25.7 Å². The number of sulfonamides is 1. The van der Waals surface area contributed by atoms with Crippen LogP contribution in [0.1, 0.15) is 36.0 Å². The van der Waals surface area contributed by atoms with Crippen molar-refractivity contribution in [3.05, 3.63) is 29.8 Å². The second kappa shape index (κ2) is 7.92. The first-order valence-corrected chi connectivity index (χ1v) is 8.51. The summed E-state index contributed by atoms with van der Waals surface area (Å²) >= 11 is 0. The lowest BCUT2D eigenvalue weighted by Crippen LogP contribution is -2.40. The van der Waals surface area contributed by atoms with Crippen molar-refractivity contribution in [2.75, 3.05) is 7.05 Å². The number of hydrogen-bond acceptors (Lipinski definition) is 4. The fourth-order valence-electron chi connectivity index (χ4n) is 2.44. The summed E-state index contributed by atoms with van der Waals surface area (Å²) in [7, 11) is -2.12. The molecule has 1 aromatic carbocycles. The van der Waals surface area contributed by atoms with E-state index in [0.29, 0.717) is 5.56 Å². The number of halogens is 1. The highest BCUT2D eigenvalue weighted by molar-refractivity contribution is 7.89. The third-order valence-electron chi connectivity index (χ3n) is 3.80. The van der Waals surface area contributed by atoms with Gasteiger partial charge in [-0.25, -0.2) is 13.1 Å². The van der Waals surface area contributed by atoms with Crippen molar-refractivity contribution < 1.29 is 13.2 Å². The van der Waals surface area contributed by atoms with E-state index < -0.39 is 10.0 Å². The van der Waals surface area contributed by atoms with Crippen molar-refractivity contribution in [3.63, 3.8) is 0 Å². The summed E-state index contributed by atoms with van der Waals surface area (Å²) < 4.78 is 25.4. The number of benzene rings is 1. The zero-order valence-electron chi connectivity index (χ0n) is 12.4. The maximum absolute atomic E-state index is 12.1. The van der Waals surface area contributed by atoms with Crippen LogP contribution in [0.4, 0.5) is 0 Å². The molecule has 22 heavy (non-hydrogen) atoms. The third kappa shape index (κ3) is 4.67. The van der Waals surface area contributed by atoms with Gasteiger partial charge in [-0.15, -0.1) is 12.4 Å². The first kappa shape index (κ1) is 18.9. The molecule has 1 aliphatic carbocycles. The van der Waals surface area contributed by atoms with E-state index in [1.54, 1.807) is 0 Å². The van der Waals surface area contributed by atoms with Crippen molar-refractivity contribution in [3.8, 4) is 0 Å². The lowest BCUT2D eigenvalue weighted by molar-refractivity contribution is 0.0926. The number of hydrogen-bond donors (Lipinski definition) is 3. The Bertz CT molecular complexity index is 596. The minimum Gasteiger partial charge on any atom is -0.349 e. The quantitative estimate of drug-likeness (QED) is 0.756. The van der Waals surface area contributed by atoms with Gasteiger partial charge in [-0.2, -0.15) is 0 Å². The Hall–Kier alpha value is -1.15. The molecule has 0 saturated heterocycles. The highest BCUT2D eigenvalue weighted by Crippen LogP contribution is 2.17. The van der Waals surface area contributed by atoms with Gasteiger partial charge in [0.1, 0.15) is 0 Å². The number of amides is 1. The largest absolute Gasteiger partial charge is 0.349 e. The molecule has 0 unspecified atom stereocenters. The number of nitrogens with two attached hydrogens (primary N) is 1. The molecule has 1 saturated carbocycles. The predicted octanol–water partition coefficient (Wildman–Crippen LogP) is 1.02. The zero-order valence-corrected chi connectivity index (χ0v) is 14.0. The summed E-state index contributed by atoms with van der Waals surface area (Å²) in [6, 6.07) is 6.29. The summed E-state index contributed by atoms with van der Waals surface area (Å²) in [6.45, 7) is 0. The maximum atomic E-state index is 12.1. The zero-order chi connectivity index (χ0) is 15.5. The first-order valence-electron chi connectivity index (χ1n) is 7.02. The van der Waals surface area contributed by atoms with Crippen LogP contribution in [0.15, 0.2) is 29.2 Å². The summed E-state index contributed by atoms with van der Waals surface area (Å²) in [5.41, 5.74) is 6.29. The van der Waals surface area contributed by atoms with Gasteiger partial charge >= 0.3 is 0 Å². The molecule has 0 spiro atoms. The Balaban J connectivity index is 0.00000242. The Morgan fingerprint density at radius 3 is 2.18 bits per heavy atom. The number of carbonyl (C=O) groups excluding carboxylic acids is 1. The monoisotopic (exact) mass is 347 g/mol. The minimum atomic E-state index is -3.47. The predicted molar refractivity (Wildman–Crippen MR) is 87.6 cm³/mol. The van der Waals surface area contributed by atoms with Gasteiger partial charge in [-0.1, -0.05) is 0 Å². The highest BCUT2D eigenvalue weighted by Gasteiger charge is 2.20. The summed E-state index contributed by atoms with van der Waals surface area (Å²) in [5, 5.41) is 2.97. The average Bonchev–Trinajstić information content (AvgIpc) is 2.49. The van der Waals surface area contributed by atoms with E-state index in [-0.39, 0.29) is 35.3 Å². The van der Waals surface area contributed by atoms with Crippen molar-refractivity contribution >= 4 is 28.3 Å². The molecule has 0 bridgehead atoms. The molecule has 8 heteroatoms. The average molecular weight is 348 g/mol. The molecule has 1 aliphatic rings. The van der Waals surface area contributed by atoms with E-state index in [1.807, 2.05) is 0 Å². The van der Waals surface area contributed by atoms with Crippen molar-refractivity contribution in [2.45, 2.75) is 42.7 Å². The molecule has 0 heterocycles. The topological polar surface area (TPSA) is 101 Å². The van der Waals surface area contributed by atoms with Crippen LogP contribution in [0.5, 0.6) is 0 Å².